The lowest BCUT2D eigenvalue weighted by atomic mass is 10.0. The molecule has 0 aromatic carbocycles. The van der Waals surface area contributed by atoms with Crippen LogP contribution in [-0.4, -0.2) is 34.5 Å². The van der Waals surface area contributed by atoms with E-state index in [1.54, 1.807) is 6.92 Å². The number of carboxylic acid groups (broad SMARTS) is 1. The lowest BCUT2D eigenvalue weighted by Crippen LogP contribution is -2.43. The molecule has 0 aromatic heterocycles. The van der Waals surface area contributed by atoms with Gasteiger partial charge in [-0.15, -0.1) is 0 Å². The third-order valence-electron chi connectivity index (χ3n) is 2.51. The van der Waals surface area contributed by atoms with Gasteiger partial charge in [0.2, 0.25) is 0 Å². The Balaban J connectivity index is 4.35. The van der Waals surface area contributed by atoms with Gasteiger partial charge in [0.05, 0.1) is 6.04 Å². The molecule has 1 atom stereocenters. The van der Waals surface area contributed by atoms with Gasteiger partial charge in [0.15, 0.2) is 5.78 Å². The summed E-state index contributed by atoms with van der Waals surface area (Å²) in [4.78, 5) is 23.4. The first kappa shape index (κ1) is 13.9. The molecule has 0 bridgehead atoms. The van der Waals surface area contributed by atoms with E-state index in [1.165, 1.54) is 11.8 Å². The van der Waals surface area contributed by atoms with Crippen molar-refractivity contribution in [1.29, 1.82) is 0 Å². The Morgan fingerprint density at radius 1 is 1.27 bits per heavy atom. The number of nitrogens with zero attached hydrogens (tertiary/aromatic N) is 1. The van der Waals surface area contributed by atoms with Gasteiger partial charge in [-0.2, -0.15) is 0 Å². The summed E-state index contributed by atoms with van der Waals surface area (Å²) in [5, 5.41) is 8.92. The normalized spacial score (nSPS) is 12.2. The molecule has 0 saturated carbocycles. The van der Waals surface area contributed by atoms with Crippen LogP contribution in [-0.2, 0) is 4.79 Å². The summed E-state index contributed by atoms with van der Waals surface area (Å²) in [5.74, 6) is -0.0599. The monoisotopic (exact) mass is 215 g/mol. The number of hydrogen-bond donors (Lipinski definition) is 1. The number of likely N-dealkylation sites (N-methyl/N-ethyl adjacent to an activating group) is 1. The second kappa shape index (κ2) is 7.26. The first-order valence-electron chi connectivity index (χ1n) is 5.54. The van der Waals surface area contributed by atoms with E-state index in [2.05, 4.69) is 6.92 Å². The second-order valence-electron chi connectivity index (χ2n) is 3.69. The first-order valence-corrected chi connectivity index (χ1v) is 5.54. The molecule has 0 rings (SSSR count). The standard InChI is InChI=1S/C11H21NO3/c1-4-6-7-8-10(9(3)13)12(5-2)11(14)15/h10H,4-8H2,1-3H3,(H,14,15). The third-order valence-corrected chi connectivity index (χ3v) is 2.51. The van der Waals surface area contributed by atoms with Crippen molar-refractivity contribution in [3.8, 4) is 0 Å². The van der Waals surface area contributed by atoms with Crippen molar-refractivity contribution in [3.05, 3.63) is 0 Å². The van der Waals surface area contributed by atoms with Crippen LogP contribution in [0.4, 0.5) is 4.79 Å². The van der Waals surface area contributed by atoms with E-state index in [0.29, 0.717) is 13.0 Å². The molecule has 15 heavy (non-hydrogen) atoms. The highest BCUT2D eigenvalue weighted by molar-refractivity contribution is 5.84. The molecular weight excluding hydrogens is 194 g/mol. The van der Waals surface area contributed by atoms with Crippen LogP contribution in [0.25, 0.3) is 0 Å². The highest BCUT2D eigenvalue weighted by atomic mass is 16.4. The topological polar surface area (TPSA) is 57.6 Å². The summed E-state index contributed by atoms with van der Waals surface area (Å²) in [6, 6.07) is -0.459. The number of carbonyl (C=O) groups is 2. The van der Waals surface area contributed by atoms with Gasteiger partial charge in [-0.25, -0.2) is 4.79 Å². The summed E-state index contributed by atoms with van der Waals surface area (Å²) in [6.07, 6.45) is 2.66. The maximum atomic E-state index is 11.3. The quantitative estimate of drug-likeness (QED) is 0.664. The van der Waals surface area contributed by atoms with Crippen molar-refractivity contribution in [3.63, 3.8) is 0 Å². The molecule has 88 valence electrons. The lowest BCUT2D eigenvalue weighted by Gasteiger charge is -2.26. The van der Waals surface area contributed by atoms with Crippen LogP contribution in [0.15, 0.2) is 0 Å². The van der Waals surface area contributed by atoms with Gasteiger partial charge in [0.25, 0.3) is 0 Å². The number of unbranched alkanes of at least 4 members (excludes halogenated alkanes) is 2. The molecule has 0 spiro atoms. The van der Waals surface area contributed by atoms with E-state index in [-0.39, 0.29) is 5.78 Å². The number of rotatable bonds is 7. The highest BCUT2D eigenvalue weighted by Gasteiger charge is 2.24. The van der Waals surface area contributed by atoms with Crippen LogP contribution < -0.4 is 0 Å². The zero-order valence-electron chi connectivity index (χ0n) is 9.82. The van der Waals surface area contributed by atoms with Gasteiger partial charge in [0, 0.05) is 6.54 Å². The average molecular weight is 215 g/mol. The van der Waals surface area contributed by atoms with Crippen LogP contribution in [0.3, 0.4) is 0 Å². The minimum atomic E-state index is -1.01. The highest BCUT2D eigenvalue weighted by Crippen LogP contribution is 2.11. The molecular formula is C11H21NO3. The Kier molecular flexibility index (Phi) is 6.75. The van der Waals surface area contributed by atoms with Gasteiger partial charge >= 0.3 is 6.09 Å². The molecule has 1 N–H and O–H groups in total. The predicted molar refractivity (Wildman–Crippen MR) is 59.0 cm³/mol. The average Bonchev–Trinajstić information content (AvgIpc) is 2.16. The fourth-order valence-corrected chi connectivity index (χ4v) is 1.66. The van der Waals surface area contributed by atoms with Gasteiger partial charge in [-0.1, -0.05) is 26.2 Å². The van der Waals surface area contributed by atoms with Crippen LogP contribution in [0.5, 0.6) is 0 Å². The van der Waals surface area contributed by atoms with E-state index >= 15 is 0 Å². The van der Waals surface area contributed by atoms with Gasteiger partial charge in [-0.3, -0.25) is 9.69 Å². The van der Waals surface area contributed by atoms with Crippen molar-refractivity contribution in [2.45, 2.75) is 52.5 Å². The largest absolute Gasteiger partial charge is 0.465 e. The molecule has 0 aliphatic carbocycles. The predicted octanol–water partition coefficient (Wildman–Crippen LogP) is 2.52. The maximum Gasteiger partial charge on any atom is 0.407 e. The maximum absolute atomic E-state index is 11.3. The van der Waals surface area contributed by atoms with Crippen molar-refractivity contribution in [2.24, 2.45) is 0 Å². The Labute approximate surface area is 91.3 Å². The Morgan fingerprint density at radius 2 is 1.87 bits per heavy atom. The summed E-state index contributed by atoms with van der Waals surface area (Å²) < 4.78 is 0. The SMILES string of the molecule is CCCCCC(C(C)=O)N(CC)C(=O)O. The molecule has 1 unspecified atom stereocenters. The number of amides is 1. The zero-order valence-corrected chi connectivity index (χ0v) is 9.82. The van der Waals surface area contributed by atoms with Crippen molar-refractivity contribution in [2.75, 3.05) is 6.54 Å². The first-order chi connectivity index (χ1) is 7.04. The van der Waals surface area contributed by atoms with Crippen LogP contribution in [0.1, 0.15) is 46.5 Å². The van der Waals surface area contributed by atoms with Crippen LogP contribution in [0, 0.1) is 0 Å². The number of ketones is 1. The summed E-state index contributed by atoms with van der Waals surface area (Å²) in [7, 11) is 0. The van der Waals surface area contributed by atoms with Gasteiger partial charge < -0.3 is 5.11 Å². The molecule has 0 aliphatic rings. The zero-order chi connectivity index (χ0) is 11.8. The fraction of sp³-hybridized carbons (Fsp3) is 0.818. The second-order valence-corrected chi connectivity index (χ2v) is 3.69. The number of Topliss-reactive ketones (excluding diaryl/α,β-unsaturated/α-hetero) is 1. The minimum Gasteiger partial charge on any atom is -0.465 e. The van der Waals surface area contributed by atoms with E-state index in [4.69, 9.17) is 5.11 Å². The molecule has 1 amide bonds. The van der Waals surface area contributed by atoms with Crippen molar-refractivity contribution in [1.82, 2.24) is 4.90 Å². The van der Waals surface area contributed by atoms with Gasteiger partial charge in [0.1, 0.15) is 0 Å². The summed E-state index contributed by atoms with van der Waals surface area (Å²) >= 11 is 0. The van der Waals surface area contributed by atoms with Gasteiger partial charge in [-0.05, 0) is 20.3 Å². The van der Waals surface area contributed by atoms with E-state index in [0.717, 1.165) is 19.3 Å². The molecule has 4 nitrogen and oxygen atoms in total. The van der Waals surface area contributed by atoms with E-state index in [1.807, 2.05) is 0 Å². The molecule has 4 heteroatoms. The molecule has 0 radical (unpaired) electrons. The third kappa shape index (κ3) is 4.81. The molecule has 0 aliphatic heterocycles. The molecule has 0 saturated heterocycles. The molecule has 0 fully saturated rings. The molecule has 0 heterocycles. The van der Waals surface area contributed by atoms with E-state index < -0.39 is 12.1 Å². The Morgan fingerprint density at radius 3 is 2.20 bits per heavy atom. The lowest BCUT2D eigenvalue weighted by molar-refractivity contribution is -0.121. The minimum absolute atomic E-state index is 0.0599. The Hall–Kier alpha value is -1.06. The summed E-state index contributed by atoms with van der Waals surface area (Å²) in [6.45, 7) is 5.66. The van der Waals surface area contributed by atoms with Crippen molar-refractivity contribution < 1.29 is 14.7 Å². The summed E-state index contributed by atoms with van der Waals surface area (Å²) in [5.41, 5.74) is 0. The molecule has 0 aromatic rings. The Bertz CT molecular complexity index is 216. The van der Waals surface area contributed by atoms with Crippen molar-refractivity contribution >= 4 is 11.9 Å². The number of hydrogen-bond acceptors (Lipinski definition) is 2. The van der Waals surface area contributed by atoms with E-state index in [9.17, 15) is 9.59 Å². The van der Waals surface area contributed by atoms with Crippen LogP contribution >= 0.6 is 0 Å². The number of carbonyl (C=O) groups excluding carboxylic acids is 1. The fourth-order valence-electron chi connectivity index (χ4n) is 1.66. The smallest absolute Gasteiger partial charge is 0.407 e. The van der Waals surface area contributed by atoms with Crippen LogP contribution in [0.2, 0.25) is 0 Å².